The SMILES string of the molecule is COc1ccc(C(=O)Nc2ccccc2Cc2nc(-c3ccncc3)no2)cc1F. The molecular formula is C22H17FN4O3. The molecule has 2 heterocycles. The second-order valence-corrected chi connectivity index (χ2v) is 6.38. The Morgan fingerprint density at radius 3 is 2.70 bits per heavy atom. The average molecular weight is 404 g/mol. The van der Waals surface area contributed by atoms with Crippen LogP contribution < -0.4 is 10.1 Å². The Morgan fingerprint density at radius 2 is 1.93 bits per heavy atom. The highest BCUT2D eigenvalue weighted by Crippen LogP contribution is 2.23. The molecule has 2 aromatic carbocycles. The van der Waals surface area contributed by atoms with E-state index in [1.54, 1.807) is 36.7 Å². The first-order valence-electron chi connectivity index (χ1n) is 9.10. The fraction of sp³-hybridized carbons (Fsp3) is 0.0909. The summed E-state index contributed by atoms with van der Waals surface area (Å²) in [5.41, 5.74) is 2.33. The average Bonchev–Trinajstić information content (AvgIpc) is 3.24. The molecular weight excluding hydrogens is 387 g/mol. The summed E-state index contributed by atoms with van der Waals surface area (Å²) in [5.74, 6) is -0.102. The van der Waals surface area contributed by atoms with Crippen LogP contribution in [0.15, 0.2) is 71.5 Å². The molecule has 1 amide bonds. The summed E-state index contributed by atoms with van der Waals surface area (Å²) in [5, 5.41) is 6.80. The molecule has 0 atom stereocenters. The molecule has 0 aliphatic rings. The number of anilines is 1. The lowest BCUT2D eigenvalue weighted by atomic mass is 10.1. The van der Waals surface area contributed by atoms with E-state index in [0.29, 0.717) is 23.8 Å². The molecule has 2 aromatic heterocycles. The Labute approximate surface area is 171 Å². The molecule has 4 aromatic rings. The van der Waals surface area contributed by atoms with Crippen molar-refractivity contribution in [3.63, 3.8) is 0 Å². The van der Waals surface area contributed by atoms with Crippen molar-refractivity contribution in [2.24, 2.45) is 0 Å². The number of hydrogen-bond acceptors (Lipinski definition) is 6. The van der Waals surface area contributed by atoms with Crippen LogP contribution in [0.2, 0.25) is 0 Å². The van der Waals surface area contributed by atoms with Gasteiger partial charge in [-0.1, -0.05) is 23.4 Å². The maximum atomic E-state index is 13.9. The molecule has 0 aliphatic carbocycles. The van der Waals surface area contributed by atoms with Gasteiger partial charge in [0.1, 0.15) is 0 Å². The van der Waals surface area contributed by atoms with Crippen molar-refractivity contribution in [3.8, 4) is 17.1 Å². The number of hydrogen-bond donors (Lipinski definition) is 1. The Hall–Kier alpha value is -4.07. The monoisotopic (exact) mass is 404 g/mol. The third kappa shape index (κ3) is 4.17. The van der Waals surface area contributed by atoms with Crippen molar-refractivity contribution >= 4 is 11.6 Å². The predicted octanol–water partition coefficient (Wildman–Crippen LogP) is 4.12. The largest absolute Gasteiger partial charge is 0.494 e. The van der Waals surface area contributed by atoms with Crippen molar-refractivity contribution in [3.05, 3.63) is 89.8 Å². The highest BCUT2D eigenvalue weighted by Gasteiger charge is 2.15. The summed E-state index contributed by atoms with van der Waals surface area (Å²) < 4.78 is 24.2. The van der Waals surface area contributed by atoms with E-state index in [4.69, 9.17) is 9.26 Å². The molecule has 0 unspecified atom stereocenters. The zero-order valence-corrected chi connectivity index (χ0v) is 16.0. The van der Waals surface area contributed by atoms with Crippen LogP contribution in [0.25, 0.3) is 11.4 Å². The van der Waals surface area contributed by atoms with E-state index >= 15 is 0 Å². The fourth-order valence-electron chi connectivity index (χ4n) is 2.91. The highest BCUT2D eigenvalue weighted by atomic mass is 19.1. The molecule has 1 N–H and O–H groups in total. The molecule has 0 saturated heterocycles. The Kier molecular flexibility index (Phi) is 5.47. The predicted molar refractivity (Wildman–Crippen MR) is 108 cm³/mol. The molecule has 0 bridgehead atoms. The standard InChI is InChI=1S/C22H17FN4O3/c1-29-19-7-6-16(12-17(19)23)22(28)25-18-5-3-2-4-15(18)13-20-26-21(27-30-20)14-8-10-24-11-9-14/h2-12H,13H2,1H3,(H,25,28). The number of rotatable bonds is 6. The Morgan fingerprint density at radius 1 is 1.13 bits per heavy atom. The van der Waals surface area contributed by atoms with Crippen LogP contribution in [-0.2, 0) is 6.42 Å². The number of nitrogens with zero attached hydrogens (tertiary/aromatic N) is 3. The number of nitrogens with one attached hydrogen (secondary N) is 1. The van der Waals surface area contributed by atoms with Crippen molar-refractivity contribution in [1.82, 2.24) is 15.1 Å². The van der Waals surface area contributed by atoms with Gasteiger partial charge >= 0.3 is 0 Å². The molecule has 0 fully saturated rings. The van der Waals surface area contributed by atoms with E-state index in [1.165, 1.54) is 19.2 Å². The van der Waals surface area contributed by atoms with Gasteiger partial charge in [-0.2, -0.15) is 4.98 Å². The van der Waals surface area contributed by atoms with Gasteiger partial charge in [-0.05, 0) is 42.0 Å². The first-order valence-corrected chi connectivity index (χ1v) is 9.10. The number of halogens is 1. The lowest BCUT2D eigenvalue weighted by Crippen LogP contribution is -2.14. The number of methoxy groups -OCH3 is 1. The van der Waals surface area contributed by atoms with Crippen LogP contribution in [0.1, 0.15) is 21.8 Å². The van der Waals surface area contributed by atoms with Gasteiger partial charge in [0, 0.05) is 29.2 Å². The number of ether oxygens (including phenoxy) is 1. The number of pyridine rings is 1. The highest BCUT2D eigenvalue weighted by molar-refractivity contribution is 6.04. The van der Waals surface area contributed by atoms with Crippen LogP contribution in [0, 0.1) is 5.82 Å². The minimum Gasteiger partial charge on any atom is -0.494 e. The van der Waals surface area contributed by atoms with Crippen LogP contribution >= 0.6 is 0 Å². The van der Waals surface area contributed by atoms with E-state index in [0.717, 1.165) is 17.2 Å². The summed E-state index contributed by atoms with van der Waals surface area (Å²) >= 11 is 0. The third-order valence-corrected chi connectivity index (χ3v) is 4.43. The number of para-hydroxylation sites is 1. The molecule has 8 heteroatoms. The molecule has 0 radical (unpaired) electrons. The van der Waals surface area contributed by atoms with E-state index in [2.05, 4.69) is 20.4 Å². The lowest BCUT2D eigenvalue weighted by Gasteiger charge is -2.10. The van der Waals surface area contributed by atoms with Crippen LogP contribution in [0.3, 0.4) is 0 Å². The molecule has 0 aliphatic heterocycles. The summed E-state index contributed by atoms with van der Waals surface area (Å²) in [7, 11) is 1.37. The Bertz CT molecular complexity index is 1180. The summed E-state index contributed by atoms with van der Waals surface area (Å²) in [6.07, 6.45) is 3.63. The number of carbonyl (C=O) groups is 1. The molecule has 150 valence electrons. The number of carbonyl (C=O) groups excluding carboxylic acids is 1. The number of aromatic nitrogens is 3. The Balaban J connectivity index is 1.52. The van der Waals surface area contributed by atoms with Gasteiger partial charge in [-0.15, -0.1) is 0 Å². The maximum absolute atomic E-state index is 13.9. The quantitative estimate of drug-likeness (QED) is 0.520. The topological polar surface area (TPSA) is 90.1 Å². The molecule has 0 saturated carbocycles. The summed E-state index contributed by atoms with van der Waals surface area (Å²) in [4.78, 5) is 21.0. The number of benzene rings is 2. The van der Waals surface area contributed by atoms with Gasteiger partial charge in [0.15, 0.2) is 11.6 Å². The van der Waals surface area contributed by atoms with Crippen molar-refractivity contribution in [1.29, 1.82) is 0 Å². The minimum absolute atomic E-state index is 0.0772. The summed E-state index contributed by atoms with van der Waals surface area (Å²) in [6.45, 7) is 0. The van der Waals surface area contributed by atoms with Gasteiger partial charge in [0.2, 0.25) is 11.7 Å². The van der Waals surface area contributed by atoms with E-state index in [-0.39, 0.29) is 11.3 Å². The first kappa shape index (κ1) is 19.3. The van der Waals surface area contributed by atoms with E-state index in [9.17, 15) is 9.18 Å². The van der Waals surface area contributed by atoms with Gasteiger partial charge in [0.05, 0.1) is 13.5 Å². The molecule has 7 nitrogen and oxygen atoms in total. The zero-order chi connectivity index (χ0) is 20.9. The van der Waals surface area contributed by atoms with E-state index < -0.39 is 11.7 Å². The smallest absolute Gasteiger partial charge is 0.255 e. The minimum atomic E-state index is -0.604. The van der Waals surface area contributed by atoms with Crippen molar-refractivity contribution < 1.29 is 18.4 Å². The van der Waals surface area contributed by atoms with Gasteiger partial charge in [-0.25, -0.2) is 4.39 Å². The van der Waals surface area contributed by atoms with Crippen LogP contribution in [0.5, 0.6) is 5.75 Å². The van der Waals surface area contributed by atoms with Gasteiger partial charge in [0.25, 0.3) is 5.91 Å². The molecule has 30 heavy (non-hydrogen) atoms. The van der Waals surface area contributed by atoms with Gasteiger partial charge in [-0.3, -0.25) is 9.78 Å². The second kappa shape index (κ2) is 8.52. The number of amides is 1. The van der Waals surface area contributed by atoms with Crippen LogP contribution in [-0.4, -0.2) is 28.1 Å². The van der Waals surface area contributed by atoms with Crippen molar-refractivity contribution in [2.45, 2.75) is 6.42 Å². The first-order chi connectivity index (χ1) is 14.6. The maximum Gasteiger partial charge on any atom is 0.255 e. The summed E-state index contributed by atoms with van der Waals surface area (Å²) in [6, 6.07) is 14.9. The second-order valence-electron chi connectivity index (χ2n) is 6.38. The van der Waals surface area contributed by atoms with E-state index in [1.807, 2.05) is 12.1 Å². The normalized spacial score (nSPS) is 10.6. The third-order valence-electron chi connectivity index (χ3n) is 4.43. The molecule has 4 rings (SSSR count). The zero-order valence-electron chi connectivity index (χ0n) is 16.0. The molecule has 0 spiro atoms. The van der Waals surface area contributed by atoms with Gasteiger partial charge < -0.3 is 14.6 Å². The fourth-order valence-corrected chi connectivity index (χ4v) is 2.91. The van der Waals surface area contributed by atoms with Crippen molar-refractivity contribution in [2.75, 3.05) is 12.4 Å². The van der Waals surface area contributed by atoms with Crippen LogP contribution in [0.4, 0.5) is 10.1 Å². The lowest BCUT2D eigenvalue weighted by molar-refractivity contribution is 0.102.